The Labute approximate surface area is 122 Å². The first-order valence-electron chi connectivity index (χ1n) is 8.00. The molecule has 0 aromatic heterocycles. The zero-order chi connectivity index (χ0) is 13.8. The van der Waals surface area contributed by atoms with E-state index in [0.29, 0.717) is 12.1 Å². The number of nitrogens with one attached hydrogen (secondary N) is 1. The van der Waals surface area contributed by atoms with Crippen molar-refractivity contribution in [2.24, 2.45) is 0 Å². The second kappa shape index (κ2) is 6.70. The van der Waals surface area contributed by atoms with Crippen molar-refractivity contribution in [2.75, 3.05) is 26.2 Å². The Bertz CT molecular complexity index is 403. The minimum Gasteiger partial charge on any atom is -0.378 e. The molecule has 1 N–H and O–H groups in total. The molecule has 1 saturated heterocycles. The van der Waals surface area contributed by atoms with Gasteiger partial charge in [-0.25, -0.2) is 0 Å². The van der Waals surface area contributed by atoms with E-state index in [9.17, 15) is 0 Å². The number of ether oxygens (including phenoxy) is 1. The van der Waals surface area contributed by atoms with Crippen LogP contribution in [-0.4, -0.2) is 43.3 Å². The van der Waals surface area contributed by atoms with Gasteiger partial charge in [0, 0.05) is 25.2 Å². The van der Waals surface area contributed by atoms with E-state index < -0.39 is 0 Å². The molecule has 2 fully saturated rings. The van der Waals surface area contributed by atoms with Crippen molar-refractivity contribution in [2.45, 2.75) is 44.4 Å². The van der Waals surface area contributed by atoms with Crippen LogP contribution in [0.1, 0.15) is 37.8 Å². The second-order valence-corrected chi connectivity index (χ2v) is 5.97. The first-order valence-corrected chi connectivity index (χ1v) is 8.00. The van der Waals surface area contributed by atoms with Crippen LogP contribution in [0.4, 0.5) is 0 Å². The van der Waals surface area contributed by atoms with Crippen molar-refractivity contribution in [3.05, 3.63) is 35.9 Å². The van der Waals surface area contributed by atoms with Crippen LogP contribution in [0.25, 0.3) is 0 Å². The summed E-state index contributed by atoms with van der Waals surface area (Å²) in [6, 6.07) is 12.1. The van der Waals surface area contributed by atoms with E-state index in [-0.39, 0.29) is 0 Å². The average Bonchev–Trinajstić information content (AvgIpc) is 2.69. The number of benzene rings is 1. The summed E-state index contributed by atoms with van der Waals surface area (Å²) in [5, 5.41) is 3.69. The summed E-state index contributed by atoms with van der Waals surface area (Å²) in [6.45, 7) is 6.42. The van der Waals surface area contributed by atoms with Crippen LogP contribution in [0.2, 0.25) is 0 Å². The molecule has 1 saturated carbocycles. The summed E-state index contributed by atoms with van der Waals surface area (Å²) in [7, 11) is 0. The summed E-state index contributed by atoms with van der Waals surface area (Å²) < 4.78 is 5.70. The van der Waals surface area contributed by atoms with Crippen LogP contribution in [0.5, 0.6) is 0 Å². The maximum absolute atomic E-state index is 5.70. The van der Waals surface area contributed by atoms with E-state index >= 15 is 0 Å². The quantitative estimate of drug-likeness (QED) is 0.913. The minimum absolute atomic E-state index is 0.477. The van der Waals surface area contributed by atoms with Gasteiger partial charge in [0.1, 0.15) is 0 Å². The van der Waals surface area contributed by atoms with Gasteiger partial charge in [0.05, 0.1) is 6.10 Å². The van der Waals surface area contributed by atoms with Gasteiger partial charge in [0.2, 0.25) is 0 Å². The highest BCUT2D eigenvalue weighted by Crippen LogP contribution is 2.30. The van der Waals surface area contributed by atoms with Gasteiger partial charge in [0.25, 0.3) is 0 Å². The molecule has 110 valence electrons. The predicted molar refractivity (Wildman–Crippen MR) is 81.8 cm³/mol. The first-order chi connectivity index (χ1) is 9.86. The molecule has 0 radical (unpaired) electrons. The lowest BCUT2D eigenvalue weighted by Gasteiger charge is -2.43. The molecule has 0 spiro atoms. The van der Waals surface area contributed by atoms with Gasteiger partial charge >= 0.3 is 0 Å². The molecular weight excluding hydrogens is 248 g/mol. The fraction of sp³-hybridized carbons (Fsp3) is 0.647. The standard InChI is InChI=1S/C17H26N2O/c1-2-20-16-11-15(12-16)19-10-6-9-18-17(13-19)14-7-4-3-5-8-14/h3-5,7-8,15-18H,2,6,9-13H2,1H3. The maximum Gasteiger partial charge on any atom is 0.0604 e. The van der Waals surface area contributed by atoms with Crippen LogP contribution in [0.3, 0.4) is 0 Å². The number of nitrogens with zero attached hydrogens (tertiary/aromatic N) is 1. The van der Waals surface area contributed by atoms with Gasteiger partial charge in [0.15, 0.2) is 0 Å². The second-order valence-electron chi connectivity index (χ2n) is 5.97. The number of rotatable bonds is 4. The molecule has 0 bridgehead atoms. The van der Waals surface area contributed by atoms with Crippen molar-refractivity contribution in [1.29, 1.82) is 0 Å². The summed E-state index contributed by atoms with van der Waals surface area (Å²) in [6.07, 6.45) is 4.19. The highest BCUT2D eigenvalue weighted by atomic mass is 16.5. The number of hydrogen-bond acceptors (Lipinski definition) is 3. The lowest BCUT2D eigenvalue weighted by Crippen LogP contribution is -2.49. The molecule has 1 aromatic carbocycles. The van der Waals surface area contributed by atoms with Gasteiger partial charge in [-0.2, -0.15) is 0 Å². The summed E-state index contributed by atoms with van der Waals surface area (Å²) in [4.78, 5) is 2.67. The third-order valence-corrected chi connectivity index (χ3v) is 4.62. The van der Waals surface area contributed by atoms with Crippen molar-refractivity contribution >= 4 is 0 Å². The van der Waals surface area contributed by atoms with Gasteiger partial charge < -0.3 is 10.1 Å². The predicted octanol–water partition coefficient (Wildman–Crippen LogP) is 2.59. The summed E-state index contributed by atoms with van der Waals surface area (Å²) in [5.41, 5.74) is 1.42. The molecule has 1 aliphatic heterocycles. The van der Waals surface area contributed by atoms with Crippen LogP contribution < -0.4 is 5.32 Å². The van der Waals surface area contributed by atoms with Gasteiger partial charge in [-0.05, 0) is 44.8 Å². The topological polar surface area (TPSA) is 24.5 Å². The van der Waals surface area contributed by atoms with E-state index in [1.807, 2.05) is 0 Å². The smallest absolute Gasteiger partial charge is 0.0604 e. The molecule has 20 heavy (non-hydrogen) atoms. The minimum atomic E-state index is 0.477. The fourth-order valence-corrected chi connectivity index (χ4v) is 3.40. The monoisotopic (exact) mass is 274 g/mol. The molecule has 3 heteroatoms. The lowest BCUT2D eigenvalue weighted by atomic mass is 9.87. The number of hydrogen-bond donors (Lipinski definition) is 1. The Morgan fingerprint density at radius 1 is 1.25 bits per heavy atom. The van der Waals surface area contributed by atoms with E-state index in [1.165, 1.54) is 31.4 Å². The van der Waals surface area contributed by atoms with Crippen molar-refractivity contribution in [1.82, 2.24) is 10.2 Å². The summed E-state index contributed by atoms with van der Waals surface area (Å²) >= 11 is 0. The van der Waals surface area contributed by atoms with Crippen molar-refractivity contribution in [3.63, 3.8) is 0 Å². The highest BCUT2D eigenvalue weighted by Gasteiger charge is 2.35. The molecule has 2 aliphatic rings. The van der Waals surface area contributed by atoms with Gasteiger partial charge in [-0.1, -0.05) is 30.3 Å². The van der Waals surface area contributed by atoms with Crippen LogP contribution in [0.15, 0.2) is 30.3 Å². The zero-order valence-corrected chi connectivity index (χ0v) is 12.4. The molecule has 1 aromatic rings. The molecule has 1 aliphatic carbocycles. The molecular formula is C17H26N2O. The third-order valence-electron chi connectivity index (χ3n) is 4.62. The molecule has 0 amide bonds. The Morgan fingerprint density at radius 2 is 2.05 bits per heavy atom. The molecule has 1 unspecified atom stereocenters. The van der Waals surface area contributed by atoms with E-state index in [1.54, 1.807) is 0 Å². The average molecular weight is 274 g/mol. The first kappa shape index (κ1) is 14.1. The lowest BCUT2D eigenvalue weighted by molar-refractivity contribution is -0.0466. The van der Waals surface area contributed by atoms with Crippen LogP contribution in [-0.2, 0) is 4.74 Å². The normalized spacial score (nSPS) is 31.6. The van der Waals surface area contributed by atoms with Gasteiger partial charge in [-0.15, -0.1) is 0 Å². The van der Waals surface area contributed by atoms with Crippen molar-refractivity contribution in [3.8, 4) is 0 Å². The van der Waals surface area contributed by atoms with E-state index in [4.69, 9.17) is 4.74 Å². The van der Waals surface area contributed by atoms with Crippen LogP contribution >= 0.6 is 0 Å². The Morgan fingerprint density at radius 3 is 2.80 bits per heavy atom. The largest absolute Gasteiger partial charge is 0.378 e. The maximum atomic E-state index is 5.70. The Kier molecular flexibility index (Phi) is 4.71. The van der Waals surface area contributed by atoms with Gasteiger partial charge in [-0.3, -0.25) is 4.90 Å². The van der Waals surface area contributed by atoms with Crippen LogP contribution in [0, 0.1) is 0 Å². The molecule has 3 rings (SSSR count). The Hall–Kier alpha value is -0.900. The van der Waals surface area contributed by atoms with E-state index in [0.717, 1.165) is 25.7 Å². The van der Waals surface area contributed by atoms with Crippen molar-refractivity contribution < 1.29 is 4.74 Å². The zero-order valence-electron chi connectivity index (χ0n) is 12.4. The summed E-state index contributed by atoms with van der Waals surface area (Å²) in [5.74, 6) is 0. The Balaban J connectivity index is 1.59. The molecule has 1 heterocycles. The highest BCUT2D eigenvalue weighted by molar-refractivity contribution is 5.19. The molecule has 3 nitrogen and oxygen atoms in total. The van der Waals surface area contributed by atoms with E-state index in [2.05, 4.69) is 47.5 Å². The third kappa shape index (κ3) is 3.22. The molecule has 1 atom stereocenters. The SMILES string of the molecule is CCOC1CC(N2CCCNC(c3ccccc3)C2)C1. The fourth-order valence-electron chi connectivity index (χ4n) is 3.40.